The number of Topliss-reactive ketones (excluding diaryl/α,β-unsaturated/α-hetero) is 1. The number of carbonyl (C=O) groups is 1. The van der Waals surface area contributed by atoms with Gasteiger partial charge in [-0.3, -0.25) is 4.79 Å². The Morgan fingerprint density at radius 1 is 1.07 bits per heavy atom. The van der Waals surface area contributed by atoms with Gasteiger partial charge in [0.15, 0.2) is 5.78 Å². The van der Waals surface area contributed by atoms with Crippen LogP contribution in [0.5, 0.6) is 5.75 Å². The quantitative estimate of drug-likeness (QED) is 0.482. The van der Waals surface area contributed by atoms with E-state index >= 15 is 0 Å². The topological polar surface area (TPSA) is 39.2 Å². The molecule has 0 aliphatic carbocycles. The van der Waals surface area contributed by atoms with Crippen molar-refractivity contribution in [1.82, 2.24) is 4.98 Å². The van der Waals surface area contributed by atoms with E-state index in [2.05, 4.69) is 49.2 Å². The molecule has 3 aromatic rings. The van der Waals surface area contributed by atoms with Gasteiger partial charge >= 0.3 is 0 Å². The van der Waals surface area contributed by atoms with Gasteiger partial charge < -0.3 is 4.74 Å². The van der Waals surface area contributed by atoms with Crippen molar-refractivity contribution in [1.29, 1.82) is 0 Å². The summed E-state index contributed by atoms with van der Waals surface area (Å²) >= 11 is 1.65. The number of aryl methyl sites for hydroxylation is 2. The maximum atomic E-state index is 11.5. The summed E-state index contributed by atoms with van der Waals surface area (Å²) in [5, 5.41) is 0.997. The molecule has 0 spiro atoms. The first-order chi connectivity index (χ1) is 13.0. The molecule has 4 heteroatoms. The van der Waals surface area contributed by atoms with E-state index in [0.29, 0.717) is 6.61 Å². The molecule has 0 saturated carbocycles. The van der Waals surface area contributed by atoms with E-state index in [-0.39, 0.29) is 5.78 Å². The molecule has 0 bridgehead atoms. The average Bonchev–Trinajstić information content (AvgIpc) is 2.67. The lowest BCUT2D eigenvalue weighted by Gasteiger charge is -2.12. The summed E-state index contributed by atoms with van der Waals surface area (Å²) in [6.07, 6.45) is 2.66. The van der Waals surface area contributed by atoms with Crippen molar-refractivity contribution in [2.45, 2.75) is 43.7 Å². The highest BCUT2D eigenvalue weighted by Crippen LogP contribution is 2.27. The van der Waals surface area contributed by atoms with Gasteiger partial charge in [-0.1, -0.05) is 30.8 Å². The second kappa shape index (κ2) is 8.87. The van der Waals surface area contributed by atoms with Crippen LogP contribution in [0.4, 0.5) is 0 Å². The summed E-state index contributed by atoms with van der Waals surface area (Å²) in [6.45, 7) is 6.22. The first kappa shape index (κ1) is 19.2. The summed E-state index contributed by atoms with van der Waals surface area (Å²) in [4.78, 5) is 17.1. The second-order valence-electron chi connectivity index (χ2n) is 6.44. The molecular formula is C23H23NO2S. The number of pyridine rings is 1. The van der Waals surface area contributed by atoms with Crippen LogP contribution in [-0.4, -0.2) is 10.8 Å². The molecule has 1 heterocycles. The molecule has 0 atom stereocenters. The van der Waals surface area contributed by atoms with Crippen LogP contribution in [0.3, 0.4) is 0 Å². The molecule has 0 saturated heterocycles. The fraction of sp³-hybridized carbons (Fsp3) is 0.217. The van der Waals surface area contributed by atoms with Gasteiger partial charge in [-0.25, -0.2) is 4.98 Å². The molecule has 3 nitrogen and oxygen atoms in total. The Hall–Kier alpha value is -2.59. The first-order valence-corrected chi connectivity index (χ1v) is 9.83. The minimum Gasteiger partial charge on any atom is -0.489 e. The number of carbonyl (C=O) groups excluding carboxylic acids is 1. The SMILES string of the molecule is CCc1cc(C(C)=O)ccc1OCc1ccc(Sc2cc(C)ccn2)cc1. The van der Waals surface area contributed by atoms with Crippen molar-refractivity contribution in [3.63, 3.8) is 0 Å². The highest BCUT2D eigenvalue weighted by Gasteiger charge is 2.07. The molecule has 0 radical (unpaired) electrons. The van der Waals surface area contributed by atoms with E-state index in [4.69, 9.17) is 4.74 Å². The molecule has 0 N–H and O–H groups in total. The lowest BCUT2D eigenvalue weighted by Crippen LogP contribution is -2.00. The van der Waals surface area contributed by atoms with E-state index in [9.17, 15) is 4.79 Å². The minimum atomic E-state index is 0.0763. The van der Waals surface area contributed by atoms with Crippen molar-refractivity contribution in [3.05, 3.63) is 83.0 Å². The van der Waals surface area contributed by atoms with Gasteiger partial charge in [0.1, 0.15) is 17.4 Å². The molecular weight excluding hydrogens is 354 g/mol. The first-order valence-electron chi connectivity index (χ1n) is 9.01. The summed E-state index contributed by atoms with van der Waals surface area (Å²) in [5.41, 5.74) is 4.10. The summed E-state index contributed by atoms with van der Waals surface area (Å²) in [5.74, 6) is 0.914. The molecule has 0 aliphatic heterocycles. The van der Waals surface area contributed by atoms with Crippen molar-refractivity contribution < 1.29 is 9.53 Å². The molecule has 1 aromatic heterocycles. The normalized spacial score (nSPS) is 10.6. The Balaban J connectivity index is 1.64. The maximum absolute atomic E-state index is 11.5. The second-order valence-corrected chi connectivity index (χ2v) is 7.53. The Morgan fingerprint density at radius 3 is 2.52 bits per heavy atom. The Kier molecular flexibility index (Phi) is 6.30. The van der Waals surface area contributed by atoms with Crippen molar-refractivity contribution >= 4 is 17.5 Å². The zero-order valence-corrected chi connectivity index (χ0v) is 16.7. The van der Waals surface area contributed by atoms with Crippen molar-refractivity contribution in [2.75, 3.05) is 0 Å². The third-order valence-electron chi connectivity index (χ3n) is 4.28. The number of benzene rings is 2. The summed E-state index contributed by atoms with van der Waals surface area (Å²) in [7, 11) is 0. The lowest BCUT2D eigenvalue weighted by atomic mass is 10.1. The molecule has 3 rings (SSSR count). The fourth-order valence-corrected chi connectivity index (χ4v) is 3.59. The van der Waals surface area contributed by atoms with Crippen LogP contribution in [-0.2, 0) is 13.0 Å². The number of ether oxygens (including phenoxy) is 1. The van der Waals surface area contributed by atoms with E-state index in [0.717, 1.165) is 38.8 Å². The Labute approximate surface area is 164 Å². The highest BCUT2D eigenvalue weighted by atomic mass is 32.2. The van der Waals surface area contributed by atoms with Crippen molar-refractivity contribution in [2.24, 2.45) is 0 Å². The van der Waals surface area contributed by atoms with Gasteiger partial charge in [0.05, 0.1) is 0 Å². The smallest absolute Gasteiger partial charge is 0.159 e. The van der Waals surface area contributed by atoms with Crippen molar-refractivity contribution in [3.8, 4) is 5.75 Å². The number of aromatic nitrogens is 1. The van der Waals surface area contributed by atoms with Crippen LogP contribution in [0.2, 0.25) is 0 Å². The fourth-order valence-electron chi connectivity index (χ4n) is 2.72. The standard InChI is InChI=1S/C23H23NO2S/c1-4-19-14-20(17(3)25)7-10-22(19)26-15-18-5-8-21(9-6-18)27-23-13-16(2)11-12-24-23/h5-14H,4,15H2,1-3H3. The van der Waals surface area contributed by atoms with Crippen LogP contribution in [0.25, 0.3) is 0 Å². The Bertz CT molecular complexity index is 935. The monoisotopic (exact) mass is 377 g/mol. The van der Waals surface area contributed by atoms with Crippen LogP contribution in [0.1, 0.15) is 40.9 Å². The molecule has 0 fully saturated rings. The van der Waals surface area contributed by atoms with E-state index in [1.807, 2.05) is 30.5 Å². The van der Waals surface area contributed by atoms with Gasteiger partial charge in [0.25, 0.3) is 0 Å². The van der Waals surface area contributed by atoms with Gasteiger partial charge in [0.2, 0.25) is 0 Å². The molecule has 138 valence electrons. The largest absolute Gasteiger partial charge is 0.489 e. The number of nitrogens with zero attached hydrogens (tertiary/aromatic N) is 1. The molecule has 2 aromatic carbocycles. The van der Waals surface area contributed by atoms with Gasteiger partial charge in [-0.2, -0.15) is 0 Å². The summed E-state index contributed by atoms with van der Waals surface area (Å²) in [6, 6.07) is 18.1. The zero-order chi connectivity index (χ0) is 19.2. The Morgan fingerprint density at radius 2 is 1.85 bits per heavy atom. The van der Waals surface area contributed by atoms with Crippen LogP contribution >= 0.6 is 11.8 Å². The predicted octanol–water partition coefficient (Wildman–Crippen LogP) is 5.89. The summed E-state index contributed by atoms with van der Waals surface area (Å²) < 4.78 is 5.99. The van der Waals surface area contributed by atoms with E-state index in [1.54, 1.807) is 18.7 Å². The van der Waals surface area contributed by atoms with Gasteiger partial charge in [0, 0.05) is 16.7 Å². The third kappa shape index (κ3) is 5.20. The zero-order valence-electron chi connectivity index (χ0n) is 15.9. The van der Waals surface area contributed by atoms with E-state index in [1.165, 1.54) is 5.56 Å². The number of hydrogen-bond acceptors (Lipinski definition) is 4. The highest BCUT2D eigenvalue weighted by molar-refractivity contribution is 7.99. The minimum absolute atomic E-state index is 0.0763. The molecule has 0 amide bonds. The van der Waals surface area contributed by atoms with Crippen LogP contribution in [0, 0.1) is 6.92 Å². The number of rotatable bonds is 7. The number of ketones is 1. The molecule has 27 heavy (non-hydrogen) atoms. The average molecular weight is 378 g/mol. The van der Waals surface area contributed by atoms with Gasteiger partial charge in [-0.15, -0.1) is 0 Å². The third-order valence-corrected chi connectivity index (χ3v) is 5.22. The number of hydrogen-bond donors (Lipinski definition) is 0. The maximum Gasteiger partial charge on any atom is 0.159 e. The molecule has 0 unspecified atom stereocenters. The lowest BCUT2D eigenvalue weighted by molar-refractivity contribution is 0.101. The van der Waals surface area contributed by atoms with E-state index < -0.39 is 0 Å². The van der Waals surface area contributed by atoms with Crippen LogP contribution < -0.4 is 4.74 Å². The van der Waals surface area contributed by atoms with Gasteiger partial charge in [-0.05, 0) is 79.4 Å². The van der Waals surface area contributed by atoms with Crippen LogP contribution in [0.15, 0.2) is 70.7 Å². The molecule has 0 aliphatic rings. The predicted molar refractivity (Wildman–Crippen MR) is 110 cm³/mol.